The topological polar surface area (TPSA) is 42.1 Å². The Balaban J connectivity index is 1.98. The lowest BCUT2D eigenvalue weighted by Crippen LogP contribution is -2.43. The van der Waals surface area contributed by atoms with Gasteiger partial charge in [0.15, 0.2) is 0 Å². The largest absolute Gasteiger partial charge is 0.487 e. The second-order valence-electron chi connectivity index (χ2n) is 9.58. The van der Waals surface area contributed by atoms with Crippen LogP contribution in [0.3, 0.4) is 0 Å². The van der Waals surface area contributed by atoms with E-state index in [9.17, 15) is 4.79 Å². The Bertz CT molecular complexity index is 616. The van der Waals surface area contributed by atoms with Gasteiger partial charge in [-0.15, -0.1) is 11.8 Å². The van der Waals surface area contributed by atoms with Gasteiger partial charge in [0.05, 0.1) is 25.7 Å². The molecule has 4 nitrogen and oxygen atoms in total. The van der Waals surface area contributed by atoms with Crippen molar-refractivity contribution in [1.82, 2.24) is 4.98 Å². The van der Waals surface area contributed by atoms with Crippen LogP contribution in [0.25, 0.3) is 0 Å². The Labute approximate surface area is 196 Å². The van der Waals surface area contributed by atoms with E-state index >= 15 is 0 Å². The van der Waals surface area contributed by atoms with Gasteiger partial charge in [-0.25, -0.2) is 0 Å². The lowest BCUT2D eigenvalue weighted by Gasteiger charge is -2.29. The molecule has 0 amide bonds. The van der Waals surface area contributed by atoms with E-state index in [0.717, 1.165) is 16.1 Å². The number of hydrogen-bond donors (Lipinski definition) is 1. The van der Waals surface area contributed by atoms with E-state index in [4.69, 9.17) is 4.74 Å². The van der Waals surface area contributed by atoms with Crippen LogP contribution in [-0.4, -0.2) is 49.5 Å². The summed E-state index contributed by atoms with van der Waals surface area (Å²) in [4.78, 5) is 14.4. The summed E-state index contributed by atoms with van der Waals surface area (Å²) in [6.45, 7) is 5.07. The number of ether oxygens (including phenoxy) is 1. The van der Waals surface area contributed by atoms with Crippen LogP contribution in [0.5, 0.6) is 5.75 Å². The van der Waals surface area contributed by atoms with Gasteiger partial charge in [0.25, 0.3) is 5.56 Å². The number of nitrogens with zero attached hydrogens (tertiary/aromatic N) is 1. The van der Waals surface area contributed by atoms with E-state index in [1.807, 2.05) is 12.3 Å². The zero-order chi connectivity index (χ0) is 22.8. The quantitative estimate of drug-likeness (QED) is 0.131. The van der Waals surface area contributed by atoms with E-state index < -0.39 is 0 Å². The first-order chi connectivity index (χ1) is 15.0. The number of quaternary nitrogens is 1. The van der Waals surface area contributed by atoms with Gasteiger partial charge in [-0.3, -0.25) is 4.79 Å². The van der Waals surface area contributed by atoms with Crippen LogP contribution >= 0.6 is 11.8 Å². The fourth-order valence-electron chi connectivity index (χ4n) is 3.94. The van der Waals surface area contributed by atoms with Crippen molar-refractivity contribution in [3.05, 3.63) is 22.5 Å². The summed E-state index contributed by atoms with van der Waals surface area (Å²) in [7, 11) is 4.55. The van der Waals surface area contributed by atoms with Crippen molar-refractivity contribution in [2.24, 2.45) is 0 Å². The molecule has 0 saturated carbocycles. The Morgan fingerprint density at radius 3 is 1.84 bits per heavy atom. The zero-order valence-electron chi connectivity index (χ0n) is 20.8. The van der Waals surface area contributed by atoms with Crippen molar-refractivity contribution in [3.63, 3.8) is 0 Å². The van der Waals surface area contributed by atoms with Gasteiger partial charge in [-0.2, -0.15) is 0 Å². The maximum Gasteiger partial charge on any atom is 0.252 e. The molecular weight excluding hydrogens is 404 g/mol. The number of aromatic amines is 1. The number of pyridine rings is 1. The van der Waals surface area contributed by atoms with E-state index in [-0.39, 0.29) is 5.56 Å². The molecule has 1 aromatic heterocycles. The summed E-state index contributed by atoms with van der Waals surface area (Å²) in [5.74, 6) is 0.671. The Morgan fingerprint density at radius 2 is 1.32 bits per heavy atom. The first-order valence-electron chi connectivity index (χ1n) is 12.7. The average molecular weight is 454 g/mol. The molecule has 0 aliphatic heterocycles. The number of hydrogen-bond acceptors (Lipinski definition) is 3. The van der Waals surface area contributed by atoms with Crippen LogP contribution in [0.1, 0.15) is 96.8 Å². The molecule has 31 heavy (non-hydrogen) atoms. The summed E-state index contributed by atoms with van der Waals surface area (Å²) in [6.07, 6.45) is 21.6. The fraction of sp³-hybridized carbons (Fsp3) is 0.808. The predicted octanol–water partition coefficient (Wildman–Crippen LogP) is 7.03. The molecule has 0 aromatic carbocycles. The molecule has 1 heterocycles. The fourth-order valence-corrected chi connectivity index (χ4v) is 4.38. The minimum absolute atomic E-state index is 0.0991. The highest BCUT2D eigenvalue weighted by Crippen LogP contribution is 2.16. The highest BCUT2D eigenvalue weighted by atomic mass is 32.2. The van der Waals surface area contributed by atoms with Crippen LogP contribution in [0, 0.1) is 0 Å². The van der Waals surface area contributed by atoms with Gasteiger partial charge in [0, 0.05) is 12.1 Å². The second kappa shape index (κ2) is 17.6. The second-order valence-corrected chi connectivity index (χ2v) is 10.4. The van der Waals surface area contributed by atoms with Crippen LogP contribution in [0.4, 0.5) is 0 Å². The lowest BCUT2D eigenvalue weighted by molar-refractivity contribution is -0.890. The third kappa shape index (κ3) is 15.5. The van der Waals surface area contributed by atoms with Crippen LogP contribution in [-0.2, 0) is 0 Å². The van der Waals surface area contributed by atoms with E-state index in [2.05, 4.69) is 26.0 Å². The molecule has 5 heteroatoms. The van der Waals surface area contributed by atoms with Crippen LogP contribution in [0.15, 0.2) is 22.0 Å². The van der Waals surface area contributed by atoms with Crippen molar-refractivity contribution in [3.8, 4) is 5.75 Å². The van der Waals surface area contributed by atoms with E-state index in [1.54, 1.807) is 0 Å². The standard InChI is InChI=1S/C26H48N2O2S/c1-5-6-7-8-9-10-11-12-13-14-15-16-17-18-19-28(2,3)20-21-30-24-22-25(29)27-26(23-24)31-4/h22-23H,5-21H2,1-4H3/p+1. The maximum absolute atomic E-state index is 11.6. The molecular formula is C26H49N2O2S+. The lowest BCUT2D eigenvalue weighted by atomic mass is 10.0. The zero-order valence-corrected chi connectivity index (χ0v) is 21.7. The Kier molecular flexibility index (Phi) is 15.9. The third-order valence-electron chi connectivity index (χ3n) is 6.10. The van der Waals surface area contributed by atoms with Gasteiger partial charge in [-0.05, 0) is 19.1 Å². The molecule has 0 radical (unpaired) electrons. The van der Waals surface area contributed by atoms with Crippen molar-refractivity contribution in [2.75, 3.05) is 40.0 Å². The molecule has 0 spiro atoms. The molecule has 0 unspecified atom stereocenters. The number of nitrogens with one attached hydrogen (secondary N) is 1. The van der Waals surface area contributed by atoms with Crippen molar-refractivity contribution < 1.29 is 9.22 Å². The van der Waals surface area contributed by atoms with Crippen molar-refractivity contribution >= 4 is 11.8 Å². The number of aromatic nitrogens is 1. The summed E-state index contributed by atoms with van der Waals surface area (Å²) >= 11 is 1.52. The molecule has 0 aliphatic carbocycles. The molecule has 0 aliphatic rings. The minimum Gasteiger partial charge on any atom is -0.487 e. The summed E-state index contributed by atoms with van der Waals surface area (Å²) in [6, 6.07) is 3.44. The van der Waals surface area contributed by atoms with E-state index in [0.29, 0.717) is 12.4 Å². The summed E-state index contributed by atoms with van der Waals surface area (Å²) in [5, 5.41) is 0.846. The molecule has 1 rings (SSSR count). The molecule has 180 valence electrons. The number of unbranched alkanes of at least 4 members (excludes halogenated alkanes) is 13. The van der Waals surface area contributed by atoms with E-state index in [1.165, 1.54) is 114 Å². The highest BCUT2D eigenvalue weighted by molar-refractivity contribution is 7.98. The number of likely N-dealkylation sites (N-methyl/N-ethyl adjacent to an activating group) is 1. The van der Waals surface area contributed by atoms with Gasteiger partial charge in [-0.1, -0.05) is 84.0 Å². The van der Waals surface area contributed by atoms with Gasteiger partial charge in [0.1, 0.15) is 18.9 Å². The molecule has 0 bridgehead atoms. The van der Waals surface area contributed by atoms with Gasteiger partial charge >= 0.3 is 0 Å². The number of rotatable bonds is 20. The van der Waals surface area contributed by atoms with Crippen LogP contribution in [0.2, 0.25) is 0 Å². The number of H-pyrrole nitrogens is 1. The SMILES string of the molecule is CCCCCCCCCCCCCCCC[N+](C)(C)CCOc1cc(SC)[nH]c(=O)c1. The van der Waals surface area contributed by atoms with Crippen LogP contribution < -0.4 is 10.3 Å². The molecule has 0 atom stereocenters. The normalized spacial score (nSPS) is 11.7. The van der Waals surface area contributed by atoms with Gasteiger partial charge in [0.2, 0.25) is 0 Å². The van der Waals surface area contributed by atoms with Crippen molar-refractivity contribution in [1.29, 1.82) is 0 Å². The molecule has 0 fully saturated rings. The third-order valence-corrected chi connectivity index (χ3v) is 6.76. The summed E-state index contributed by atoms with van der Waals surface area (Å²) < 4.78 is 6.81. The predicted molar refractivity (Wildman–Crippen MR) is 136 cm³/mol. The smallest absolute Gasteiger partial charge is 0.252 e. The summed E-state index contributed by atoms with van der Waals surface area (Å²) in [5.41, 5.74) is -0.0991. The molecule has 1 N–H and O–H groups in total. The average Bonchev–Trinajstić information content (AvgIpc) is 2.73. The minimum atomic E-state index is -0.0991. The Morgan fingerprint density at radius 1 is 0.806 bits per heavy atom. The van der Waals surface area contributed by atoms with Gasteiger partial charge < -0.3 is 14.2 Å². The number of thioether (sulfide) groups is 1. The Hall–Kier alpha value is -0.940. The maximum atomic E-state index is 11.6. The highest BCUT2D eigenvalue weighted by Gasteiger charge is 2.14. The molecule has 0 saturated heterocycles. The van der Waals surface area contributed by atoms with Crippen molar-refractivity contribution in [2.45, 2.75) is 102 Å². The first kappa shape index (κ1) is 28.1. The molecule has 1 aromatic rings. The monoisotopic (exact) mass is 453 g/mol. The first-order valence-corrected chi connectivity index (χ1v) is 13.9.